The summed E-state index contributed by atoms with van der Waals surface area (Å²) in [5.41, 5.74) is 0. The van der Waals surface area contributed by atoms with Crippen molar-refractivity contribution >= 4 is 5.97 Å². The zero-order valence-corrected chi connectivity index (χ0v) is 9.79. The average Bonchev–Trinajstić information content (AvgIpc) is 2.77. The van der Waals surface area contributed by atoms with E-state index in [1.807, 2.05) is 0 Å². The molecule has 3 atom stereocenters. The minimum Gasteiger partial charge on any atom is -0.468 e. The van der Waals surface area contributed by atoms with E-state index in [0.717, 1.165) is 19.4 Å². The zero-order valence-electron chi connectivity index (χ0n) is 9.79. The highest BCUT2D eigenvalue weighted by atomic mass is 16.5. The van der Waals surface area contributed by atoms with Crippen LogP contribution in [-0.2, 0) is 14.3 Å². The summed E-state index contributed by atoms with van der Waals surface area (Å²) < 4.78 is 10.1. The van der Waals surface area contributed by atoms with Crippen molar-refractivity contribution in [2.45, 2.75) is 38.8 Å². The molecule has 3 unspecified atom stereocenters. The third-order valence-electron chi connectivity index (χ3n) is 2.97. The van der Waals surface area contributed by atoms with Gasteiger partial charge in [-0.1, -0.05) is 6.92 Å². The molecule has 1 heterocycles. The number of nitrogens with one attached hydrogen (secondary N) is 1. The van der Waals surface area contributed by atoms with Gasteiger partial charge in [0.1, 0.15) is 6.04 Å². The Morgan fingerprint density at radius 2 is 2.40 bits per heavy atom. The molecule has 0 amide bonds. The lowest BCUT2D eigenvalue weighted by Crippen LogP contribution is -2.47. The molecule has 0 spiro atoms. The normalized spacial score (nSPS) is 24.9. The summed E-state index contributed by atoms with van der Waals surface area (Å²) in [7, 11) is 1.43. The molecular weight excluding hydrogens is 194 g/mol. The molecule has 0 aromatic carbocycles. The van der Waals surface area contributed by atoms with E-state index in [9.17, 15) is 4.79 Å². The molecule has 1 aliphatic heterocycles. The summed E-state index contributed by atoms with van der Waals surface area (Å²) >= 11 is 0. The molecule has 4 nitrogen and oxygen atoms in total. The van der Waals surface area contributed by atoms with E-state index in [1.54, 1.807) is 0 Å². The van der Waals surface area contributed by atoms with E-state index in [0.29, 0.717) is 12.6 Å². The second-order valence-electron chi connectivity index (χ2n) is 4.10. The van der Waals surface area contributed by atoms with Gasteiger partial charge in [0, 0.05) is 18.6 Å². The van der Waals surface area contributed by atoms with Gasteiger partial charge in [0.15, 0.2) is 0 Å². The maximum atomic E-state index is 11.6. The second kappa shape index (κ2) is 6.08. The van der Waals surface area contributed by atoms with E-state index in [2.05, 4.69) is 19.2 Å². The lowest BCUT2D eigenvalue weighted by Gasteiger charge is -2.24. The van der Waals surface area contributed by atoms with Crippen molar-refractivity contribution in [1.82, 2.24) is 5.32 Å². The maximum Gasteiger partial charge on any atom is 0.323 e. The van der Waals surface area contributed by atoms with Gasteiger partial charge in [-0.25, -0.2) is 0 Å². The molecule has 0 bridgehead atoms. The van der Waals surface area contributed by atoms with Gasteiger partial charge < -0.3 is 14.8 Å². The van der Waals surface area contributed by atoms with Crippen molar-refractivity contribution in [2.75, 3.05) is 20.3 Å². The predicted octanol–water partition coefficient (Wildman–Crippen LogP) is 0.953. The fraction of sp³-hybridized carbons (Fsp3) is 0.909. The Labute approximate surface area is 91.3 Å². The maximum absolute atomic E-state index is 11.6. The van der Waals surface area contributed by atoms with Crippen LogP contribution in [0.1, 0.15) is 26.7 Å². The first-order chi connectivity index (χ1) is 7.19. The highest BCUT2D eigenvalue weighted by Crippen LogP contribution is 2.18. The number of esters is 1. The van der Waals surface area contributed by atoms with Crippen LogP contribution in [0.15, 0.2) is 0 Å². The standard InChI is InChI=1S/C11H21NO3/c1-4-8(2)12-10(11(13)14-3)9-5-6-15-7-9/h8-10,12H,4-7H2,1-3H3. The first kappa shape index (κ1) is 12.5. The average molecular weight is 215 g/mol. The molecule has 0 saturated carbocycles. The summed E-state index contributed by atoms with van der Waals surface area (Å²) in [5.74, 6) is 0.0808. The van der Waals surface area contributed by atoms with Crippen LogP contribution in [0.3, 0.4) is 0 Å². The second-order valence-corrected chi connectivity index (χ2v) is 4.10. The summed E-state index contributed by atoms with van der Waals surface area (Å²) in [5, 5.41) is 3.30. The molecule has 1 fully saturated rings. The molecule has 1 rings (SSSR count). The third kappa shape index (κ3) is 3.47. The van der Waals surface area contributed by atoms with E-state index in [-0.39, 0.29) is 17.9 Å². The fourth-order valence-electron chi connectivity index (χ4n) is 1.76. The summed E-state index contributed by atoms with van der Waals surface area (Å²) in [4.78, 5) is 11.6. The van der Waals surface area contributed by atoms with E-state index < -0.39 is 0 Å². The first-order valence-electron chi connectivity index (χ1n) is 5.60. The van der Waals surface area contributed by atoms with Gasteiger partial charge in [-0.3, -0.25) is 4.79 Å². The predicted molar refractivity (Wildman–Crippen MR) is 57.6 cm³/mol. The van der Waals surface area contributed by atoms with Crippen LogP contribution in [0.4, 0.5) is 0 Å². The smallest absolute Gasteiger partial charge is 0.323 e. The zero-order chi connectivity index (χ0) is 11.3. The SMILES string of the molecule is CCC(C)NC(C(=O)OC)C1CCOC1. The van der Waals surface area contributed by atoms with Gasteiger partial charge in [-0.2, -0.15) is 0 Å². The summed E-state index contributed by atoms with van der Waals surface area (Å²) in [6, 6.07) is 0.113. The lowest BCUT2D eigenvalue weighted by atomic mass is 9.98. The molecule has 1 N–H and O–H groups in total. The lowest BCUT2D eigenvalue weighted by molar-refractivity contribution is -0.145. The number of methoxy groups -OCH3 is 1. The number of carbonyl (C=O) groups is 1. The Balaban J connectivity index is 2.55. The van der Waals surface area contributed by atoms with Crippen LogP contribution in [-0.4, -0.2) is 38.4 Å². The minimum absolute atomic E-state index is 0.175. The summed E-state index contributed by atoms with van der Waals surface area (Å²) in [6.45, 7) is 5.58. The van der Waals surface area contributed by atoms with Crippen molar-refractivity contribution in [1.29, 1.82) is 0 Å². The van der Waals surface area contributed by atoms with E-state index >= 15 is 0 Å². The van der Waals surface area contributed by atoms with E-state index in [4.69, 9.17) is 9.47 Å². The van der Waals surface area contributed by atoms with Crippen LogP contribution < -0.4 is 5.32 Å². The molecule has 1 aliphatic rings. The van der Waals surface area contributed by atoms with Gasteiger partial charge >= 0.3 is 5.97 Å². The van der Waals surface area contributed by atoms with Crippen LogP contribution in [0, 0.1) is 5.92 Å². The number of ether oxygens (including phenoxy) is 2. The Kier molecular flexibility index (Phi) is 5.05. The highest BCUT2D eigenvalue weighted by molar-refractivity contribution is 5.76. The molecule has 15 heavy (non-hydrogen) atoms. The molecule has 0 aromatic heterocycles. The Morgan fingerprint density at radius 1 is 1.67 bits per heavy atom. The molecule has 0 aliphatic carbocycles. The molecule has 88 valence electrons. The Hall–Kier alpha value is -0.610. The highest BCUT2D eigenvalue weighted by Gasteiger charge is 2.32. The van der Waals surface area contributed by atoms with Crippen LogP contribution in [0.5, 0.6) is 0 Å². The van der Waals surface area contributed by atoms with Crippen molar-refractivity contribution in [2.24, 2.45) is 5.92 Å². The number of hydrogen-bond donors (Lipinski definition) is 1. The molecule has 4 heteroatoms. The van der Waals surface area contributed by atoms with Gasteiger partial charge in [0.05, 0.1) is 13.7 Å². The Morgan fingerprint density at radius 3 is 2.87 bits per heavy atom. The molecule has 1 saturated heterocycles. The number of carbonyl (C=O) groups excluding carboxylic acids is 1. The topological polar surface area (TPSA) is 47.6 Å². The molecule has 0 radical (unpaired) electrons. The van der Waals surface area contributed by atoms with Crippen LogP contribution in [0.2, 0.25) is 0 Å². The van der Waals surface area contributed by atoms with Crippen molar-refractivity contribution in [3.05, 3.63) is 0 Å². The molecular formula is C11H21NO3. The van der Waals surface area contributed by atoms with Gasteiger partial charge in [-0.05, 0) is 19.8 Å². The summed E-state index contributed by atoms with van der Waals surface area (Å²) in [6.07, 6.45) is 1.93. The quantitative estimate of drug-likeness (QED) is 0.694. The van der Waals surface area contributed by atoms with Crippen LogP contribution in [0.25, 0.3) is 0 Å². The van der Waals surface area contributed by atoms with Gasteiger partial charge in [0.2, 0.25) is 0 Å². The van der Waals surface area contributed by atoms with Crippen molar-refractivity contribution < 1.29 is 14.3 Å². The van der Waals surface area contributed by atoms with Crippen molar-refractivity contribution in [3.8, 4) is 0 Å². The van der Waals surface area contributed by atoms with Crippen LogP contribution >= 0.6 is 0 Å². The van der Waals surface area contributed by atoms with Gasteiger partial charge in [0.25, 0.3) is 0 Å². The third-order valence-corrected chi connectivity index (χ3v) is 2.97. The Bertz CT molecular complexity index is 202. The number of hydrogen-bond acceptors (Lipinski definition) is 4. The van der Waals surface area contributed by atoms with Gasteiger partial charge in [-0.15, -0.1) is 0 Å². The number of rotatable bonds is 5. The first-order valence-corrected chi connectivity index (χ1v) is 5.60. The fourth-order valence-corrected chi connectivity index (χ4v) is 1.76. The minimum atomic E-state index is -0.215. The monoisotopic (exact) mass is 215 g/mol. The van der Waals surface area contributed by atoms with Crippen molar-refractivity contribution in [3.63, 3.8) is 0 Å². The van der Waals surface area contributed by atoms with E-state index in [1.165, 1.54) is 7.11 Å². The largest absolute Gasteiger partial charge is 0.468 e. The molecule has 0 aromatic rings.